The third-order valence-electron chi connectivity index (χ3n) is 4.11. The maximum atomic E-state index is 14.0. The van der Waals surface area contributed by atoms with Crippen LogP contribution in [-0.2, 0) is 13.0 Å². The molecule has 0 saturated carbocycles. The van der Waals surface area contributed by atoms with E-state index < -0.39 is 17.5 Å². The predicted octanol–water partition coefficient (Wildman–Crippen LogP) is 4.34. The summed E-state index contributed by atoms with van der Waals surface area (Å²) in [6.07, 6.45) is 0.453. The molecule has 27 heavy (non-hydrogen) atoms. The summed E-state index contributed by atoms with van der Waals surface area (Å²) in [4.78, 5) is 18.8. The lowest BCUT2D eigenvalue weighted by molar-refractivity contribution is 0.0983. The zero-order chi connectivity index (χ0) is 19.0. The number of anilines is 1. The third-order valence-corrected chi connectivity index (χ3v) is 5.17. The van der Waals surface area contributed by atoms with Crippen LogP contribution in [0.15, 0.2) is 42.5 Å². The van der Waals surface area contributed by atoms with Gasteiger partial charge in [-0.1, -0.05) is 6.07 Å². The number of thiazole rings is 1. The van der Waals surface area contributed by atoms with Crippen molar-refractivity contribution in [3.05, 3.63) is 75.5 Å². The van der Waals surface area contributed by atoms with Gasteiger partial charge in [0.05, 0.1) is 11.4 Å². The summed E-state index contributed by atoms with van der Waals surface area (Å²) in [6, 6.07) is 8.86. The first-order valence-electron chi connectivity index (χ1n) is 8.15. The summed E-state index contributed by atoms with van der Waals surface area (Å²) in [6.45, 7) is 0.349. The van der Waals surface area contributed by atoms with Gasteiger partial charge in [-0.25, -0.2) is 18.2 Å². The van der Waals surface area contributed by atoms with E-state index in [1.54, 1.807) is 6.07 Å². The quantitative estimate of drug-likeness (QED) is 0.666. The third kappa shape index (κ3) is 3.52. The summed E-state index contributed by atoms with van der Waals surface area (Å²) < 4.78 is 45.9. The largest absolute Gasteiger partial charge is 0.486 e. The van der Waals surface area contributed by atoms with E-state index in [9.17, 15) is 18.0 Å². The van der Waals surface area contributed by atoms with Crippen LogP contribution >= 0.6 is 11.3 Å². The maximum Gasteiger partial charge on any atom is 0.270 e. The van der Waals surface area contributed by atoms with Gasteiger partial charge in [0.15, 0.2) is 0 Å². The number of ether oxygens (including phenoxy) is 1. The Balaban J connectivity index is 1.53. The summed E-state index contributed by atoms with van der Waals surface area (Å²) in [5.74, 6) is -1.90. The molecular formula is C19H13F3N2O2S. The number of aromatic nitrogens is 1. The van der Waals surface area contributed by atoms with E-state index in [2.05, 4.69) is 4.98 Å². The highest BCUT2D eigenvalue weighted by Crippen LogP contribution is 2.30. The normalized spacial score (nSPS) is 13.6. The first kappa shape index (κ1) is 17.5. The van der Waals surface area contributed by atoms with Gasteiger partial charge in [-0.3, -0.25) is 4.79 Å². The average Bonchev–Trinajstić information content (AvgIpc) is 3.05. The number of rotatable bonds is 4. The van der Waals surface area contributed by atoms with Crippen molar-refractivity contribution in [3.63, 3.8) is 0 Å². The van der Waals surface area contributed by atoms with Crippen LogP contribution in [0.5, 0.6) is 5.75 Å². The minimum Gasteiger partial charge on any atom is -0.486 e. The molecule has 3 aromatic rings. The summed E-state index contributed by atoms with van der Waals surface area (Å²) in [5.41, 5.74) is 0.666. The van der Waals surface area contributed by atoms with Crippen molar-refractivity contribution in [1.29, 1.82) is 0 Å². The maximum absolute atomic E-state index is 14.0. The summed E-state index contributed by atoms with van der Waals surface area (Å²) >= 11 is 1.16. The smallest absolute Gasteiger partial charge is 0.270 e. The van der Waals surface area contributed by atoms with E-state index in [1.807, 2.05) is 0 Å². The van der Waals surface area contributed by atoms with E-state index in [1.165, 1.54) is 29.2 Å². The molecule has 0 unspecified atom stereocenters. The number of halogens is 3. The molecule has 2 heterocycles. The van der Waals surface area contributed by atoms with E-state index in [4.69, 9.17) is 4.74 Å². The van der Waals surface area contributed by atoms with Crippen molar-refractivity contribution in [2.24, 2.45) is 0 Å². The first-order chi connectivity index (χ1) is 13.0. The first-order valence-corrected chi connectivity index (χ1v) is 8.97. The zero-order valence-corrected chi connectivity index (χ0v) is 14.7. The van der Waals surface area contributed by atoms with Crippen LogP contribution in [0.1, 0.15) is 20.4 Å². The molecule has 0 atom stereocenters. The molecule has 1 aromatic heterocycles. The molecule has 4 nitrogen and oxygen atoms in total. The highest BCUT2D eigenvalue weighted by molar-refractivity contribution is 7.14. The second-order valence-corrected chi connectivity index (χ2v) is 7.02. The molecule has 0 N–H and O–H groups in total. The Morgan fingerprint density at radius 2 is 1.93 bits per heavy atom. The van der Waals surface area contributed by atoms with Crippen molar-refractivity contribution < 1.29 is 22.7 Å². The molecular weight excluding hydrogens is 377 g/mol. The van der Waals surface area contributed by atoms with Gasteiger partial charge in [0.2, 0.25) is 0 Å². The molecule has 0 spiro atoms. The number of fused-ring (bicyclic) bond motifs is 1. The molecule has 1 amide bonds. The predicted molar refractivity (Wildman–Crippen MR) is 94.6 cm³/mol. The number of carbonyl (C=O) groups excluding carboxylic acids is 1. The number of benzene rings is 2. The number of amides is 1. The van der Waals surface area contributed by atoms with Gasteiger partial charge in [-0.2, -0.15) is 0 Å². The fourth-order valence-electron chi connectivity index (χ4n) is 2.87. The van der Waals surface area contributed by atoms with Gasteiger partial charge in [0, 0.05) is 25.1 Å². The van der Waals surface area contributed by atoms with Crippen LogP contribution in [-0.4, -0.2) is 17.4 Å². The highest BCUT2D eigenvalue weighted by Gasteiger charge is 2.30. The Kier molecular flexibility index (Phi) is 4.57. The van der Waals surface area contributed by atoms with Gasteiger partial charge >= 0.3 is 0 Å². The Hall–Kier alpha value is -2.87. The lowest BCUT2D eigenvalue weighted by Gasteiger charge is -2.26. The minimum absolute atomic E-state index is 0.0398. The Labute approximate surface area is 156 Å². The van der Waals surface area contributed by atoms with Crippen molar-refractivity contribution in [3.8, 4) is 5.75 Å². The monoisotopic (exact) mass is 390 g/mol. The van der Waals surface area contributed by atoms with E-state index in [-0.39, 0.29) is 24.7 Å². The van der Waals surface area contributed by atoms with E-state index in [0.29, 0.717) is 27.7 Å². The summed E-state index contributed by atoms with van der Waals surface area (Å²) in [5, 5.41) is 0.569. The average molecular weight is 390 g/mol. The second kappa shape index (κ2) is 7.03. The molecule has 0 radical (unpaired) electrons. The fraction of sp³-hybridized carbons (Fsp3) is 0.158. The Morgan fingerprint density at radius 1 is 1.11 bits per heavy atom. The Morgan fingerprint density at radius 3 is 2.70 bits per heavy atom. The van der Waals surface area contributed by atoms with Crippen LogP contribution in [0, 0.1) is 17.5 Å². The molecule has 1 aliphatic rings. The van der Waals surface area contributed by atoms with Crippen molar-refractivity contribution in [1.82, 2.24) is 4.98 Å². The lowest BCUT2D eigenvalue weighted by atomic mass is 10.1. The number of hydrogen-bond donors (Lipinski definition) is 0. The van der Waals surface area contributed by atoms with Gasteiger partial charge in [0.1, 0.15) is 39.7 Å². The van der Waals surface area contributed by atoms with Crippen LogP contribution in [0.4, 0.5) is 18.9 Å². The SMILES string of the molecule is O=C1c2sc(COc3cccc(F)c3)nc2CCN1c1ccc(F)cc1F. The molecule has 1 aliphatic heterocycles. The van der Waals surface area contributed by atoms with Crippen molar-refractivity contribution in [2.45, 2.75) is 13.0 Å². The minimum atomic E-state index is -0.786. The highest BCUT2D eigenvalue weighted by atomic mass is 32.1. The van der Waals surface area contributed by atoms with Crippen LogP contribution in [0.3, 0.4) is 0 Å². The van der Waals surface area contributed by atoms with E-state index in [0.717, 1.165) is 23.5 Å². The lowest BCUT2D eigenvalue weighted by Crippen LogP contribution is -2.37. The van der Waals surface area contributed by atoms with Crippen LogP contribution in [0.2, 0.25) is 0 Å². The topological polar surface area (TPSA) is 42.4 Å². The van der Waals surface area contributed by atoms with Gasteiger partial charge in [0.25, 0.3) is 5.91 Å². The molecule has 8 heteroatoms. The molecule has 0 bridgehead atoms. The standard InChI is InChI=1S/C19H13F3N2O2S/c20-11-2-1-3-13(8-11)26-10-17-23-15-6-7-24(19(25)18(15)27-17)16-5-4-12(21)9-14(16)22/h1-5,8-9H,6-7,10H2. The summed E-state index contributed by atoms with van der Waals surface area (Å²) in [7, 11) is 0. The molecule has 0 aliphatic carbocycles. The van der Waals surface area contributed by atoms with Crippen molar-refractivity contribution in [2.75, 3.05) is 11.4 Å². The number of hydrogen-bond acceptors (Lipinski definition) is 4. The molecule has 0 fully saturated rings. The van der Waals surface area contributed by atoms with Crippen LogP contribution in [0.25, 0.3) is 0 Å². The zero-order valence-electron chi connectivity index (χ0n) is 13.9. The van der Waals surface area contributed by atoms with Gasteiger partial charge in [-0.15, -0.1) is 11.3 Å². The molecule has 138 valence electrons. The van der Waals surface area contributed by atoms with E-state index >= 15 is 0 Å². The molecule has 0 saturated heterocycles. The van der Waals surface area contributed by atoms with Gasteiger partial charge in [-0.05, 0) is 24.3 Å². The Bertz CT molecular complexity index is 1020. The second-order valence-electron chi connectivity index (χ2n) is 5.93. The molecule has 2 aromatic carbocycles. The van der Waals surface area contributed by atoms with Crippen molar-refractivity contribution >= 4 is 22.9 Å². The van der Waals surface area contributed by atoms with Crippen LogP contribution < -0.4 is 9.64 Å². The fourth-order valence-corrected chi connectivity index (χ4v) is 3.85. The number of carbonyl (C=O) groups is 1. The number of nitrogens with zero attached hydrogens (tertiary/aromatic N) is 2. The van der Waals surface area contributed by atoms with Gasteiger partial charge < -0.3 is 9.64 Å². The molecule has 4 rings (SSSR count).